The molecule has 0 saturated heterocycles. The molecule has 4 N–H and O–H groups in total. The highest BCUT2D eigenvalue weighted by Crippen LogP contribution is 2.19. The summed E-state index contributed by atoms with van der Waals surface area (Å²) < 4.78 is 4.98. The van der Waals surface area contributed by atoms with Gasteiger partial charge in [-0.1, -0.05) is 13.8 Å². The summed E-state index contributed by atoms with van der Waals surface area (Å²) in [4.78, 5) is 23.0. The summed E-state index contributed by atoms with van der Waals surface area (Å²) in [6.45, 7) is 3.44. The second kappa shape index (κ2) is 6.08. The molecule has 0 spiro atoms. The second-order valence-corrected chi connectivity index (χ2v) is 4.49. The number of anilines is 1. The molecule has 0 aromatic heterocycles. The standard InChI is InChI=1S/C13H18N2O4/c1-7(2)11(13(17)18)15-12(16)9-5-4-8(19-3)6-10(9)14/h4-7,11H,14H2,1-3H3,(H,15,16)(H,17,18)/t11-/m1/s1. The van der Waals surface area contributed by atoms with Crippen LogP contribution in [0.5, 0.6) is 5.75 Å². The molecule has 0 heterocycles. The maximum absolute atomic E-state index is 12.0. The third-order valence-corrected chi connectivity index (χ3v) is 2.72. The van der Waals surface area contributed by atoms with Crippen LogP contribution in [0.2, 0.25) is 0 Å². The number of aliphatic carboxylic acids is 1. The maximum atomic E-state index is 12.0. The first kappa shape index (κ1) is 14.8. The zero-order chi connectivity index (χ0) is 14.6. The Morgan fingerprint density at radius 3 is 2.42 bits per heavy atom. The van der Waals surface area contributed by atoms with Gasteiger partial charge in [-0.3, -0.25) is 4.79 Å². The van der Waals surface area contributed by atoms with E-state index in [4.69, 9.17) is 15.6 Å². The third kappa shape index (κ3) is 3.61. The first-order valence-electron chi connectivity index (χ1n) is 5.84. The van der Waals surface area contributed by atoms with Gasteiger partial charge < -0.3 is 20.9 Å². The summed E-state index contributed by atoms with van der Waals surface area (Å²) >= 11 is 0. The van der Waals surface area contributed by atoms with Gasteiger partial charge in [0, 0.05) is 11.8 Å². The number of hydrogen-bond acceptors (Lipinski definition) is 4. The molecule has 0 aliphatic rings. The van der Waals surface area contributed by atoms with E-state index in [-0.39, 0.29) is 17.2 Å². The van der Waals surface area contributed by atoms with Crippen molar-refractivity contribution >= 4 is 17.6 Å². The van der Waals surface area contributed by atoms with Crippen LogP contribution in [0.3, 0.4) is 0 Å². The van der Waals surface area contributed by atoms with E-state index in [2.05, 4.69) is 5.32 Å². The third-order valence-electron chi connectivity index (χ3n) is 2.72. The van der Waals surface area contributed by atoms with Crippen LogP contribution in [-0.4, -0.2) is 30.1 Å². The minimum atomic E-state index is -1.07. The minimum absolute atomic E-state index is 0.221. The molecule has 1 aromatic carbocycles. The molecule has 0 fully saturated rings. The number of rotatable bonds is 5. The lowest BCUT2D eigenvalue weighted by Gasteiger charge is -2.18. The van der Waals surface area contributed by atoms with E-state index < -0.39 is 17.9 Å². The van der Waals surface area contributed by atoms with E-state index in [1.54, 1.807) is 19.9 Å². The van der Waals surface area contributed by atoms with E-state index in [9.17, 15) is 9.59 Å². The molecule has 0 unspecified atom stereocenters. The molecule has 0 bridgehead atoms. The summed E-state index contributed by atoms with van der Waals surface area (Å²) in [7, 11) is 1.49. The molecule has 0 aliphatic heterocycles. The zero-order valence-electron chi connectivity index (χ0n) is 11.1. The molecule has 104 valence electrons. The Bertz CT molecular complexity index is 486. The van der Waals surface area contributed by atoms with E-state index in [0.29, 0.717) is 5.75 Å². The SMILES string of the molecule is COc1ccc(C(=O)N[C@@H](C(=O)O)C(C)C)c(N)c1. The smallest absolute Gasteiger partial charge is 0.326 e. The molecule has 1 rings (SSSR count). The Labute approximate surface area is 111 Å². The Morgan fingerprint density at radius 2 is 2.00 bits per heavy atom. The normalized spacial score (nSPS) is 12.0. The van der Waals surface area contributed by atoms with Gasteiger partial charge in [-0.15, -0.1) is 0 Å². The van der Waals surface area contributed by atoms with Crippen LogP contribution < -0.4 is 15.8 Å². The van der Waals surface area contributed by atoms with Crippen molar-refractivity contribution < 1.29 is 19.4 Å². The number of nitrogen functional groups attached to an aromatic ring is 1. The lowest BCUT2D eigenvalue weighted by Crippen LogP contribution is -2.44. The monoisotopic (exact) mass is 266 g/mol. The topological polar surface area (TPSA) is 102 Å². The first-order valence-corrected chi connectivity index (χ1v) is 5.84. The zero-order valence-corrected chi connectivity index (χ0v) is 11.1. The van der Waals surface area contributed by atoms with Gasteiger partial charge in [0.1, 0.15) is 11.8 Å². The van der Waals surface area contributed by atoms with Crippen LogP contribution >= 0.6 is 0 Å². The van der Waals surface area contributed by atoms with E-state index in [1.807, 2.05) is 0 Å². The highest BCUT2D eigenvalue weighted by Gasteiger charge is 2.24. The fourth-order valence-electron chi connectivity index (χ4n) is 1.61. The fraction of sp³-hybridized carbons (Fsp3) is 0.385. The molecular formula is C13H18N2O4. The van der Waals surface area contributed by atoms with Gasteiger partial charge >= 0.3 is 5.97 Å². The molecular weight excluding hydrogens is 248 g/mol. The highest BCUT2D eigenvalue weighted by atomic mass is 16.5. The van der Waals surface area contributed by atoms with Crippen molar-refractivity contribution in [2.75, 3.05) is 12.8 Å². The Morgan fingerprint density at radius 1 is 1.37 bits per heavy atom. The van der Waals surface area contributed by atoms with E-state index in [0.717, 1.165) is 0 Å². The predicted molar refractivity (Wildman–Crippen MR) is 71.1 cm³/mol. The van der Waals surface area contributed by atoms with Crippen molar-refractivity contribution in [2.24, 2.45) is 5.92 Å². The molecule has 1 atom stereocenters. The van der Waals surface area contributed by atoms with Crippen molar-refractivity contribution in [2.45, 2.75) is 19.9 Å². The number of amides is 1. The molecule has 1 amide bonds. The number of carboxylic acid groups (broad SMARTS) is 1. The van der Waals surface area contributed by atoms with Crippen molar-refractivity contribution in [3.8, 4) is 5.75 Å². The van der Waals surface area contributed by atoms with Crippen molar-refractivity contribution in [3.05, 3.63) is 23.8 Å². The van der Waals surface area contributed by atoms with Crippen LogP contribution in [0.25, 0.3) is 0 Å². The number of carboxylic acids is 1. The number of ether oxygens (including phenoxy) is 1. The molecule has 0 radical (unpaired) electrons. The average molecular weight is 266 g/mol. The number of nitrogens with two attached hydrogens (primary N) is 1. The average Bonchev–Trinajstić information content (AvgIpc) is 2.34. The molecule has 0 aliphatic carbocycles. The highest BCUT2D eigenvalue weighted by molar-refractivity contribution is 6.01. The summed E-state index contributed by atoms with van der Waals surface area (Å²) in [5.74, 6) is -1.27. The number of nitrogens with one attached hydrogen (secondary N) is 1. The van der Waals surface area contributed by atoms with Crippen LogP contribution in [-0.2, 0) is 4.79 Å². The van der Waals surface area contributed by atoms with Crippen LogP contribution in [0, 0.1) is 5.92 Å². The van der Waals surface area contributed by atoms with E-state index in [1.165, 1.54) is 19.2 Å². The Kier molecular flexibility index (Phi) is 4.74. The van der Waals surface area contributed by atoms with Crippen molar-refractivity contribution in [1.82, 2.24) is 5.32 Å². The van der Waals surface area contributed by atoms with Gasteiger partial charge in [-0.2, -0.15) is 0 Å². The van der Waals surface area contributed by atoms with Crippen molar-refractivity contribution in [3.63, 3.8) is 0 Å². The van der Waals surface area contributed by atoms with Gasteiger partial charge in [-0.05, 0) is 18.1 Å². The van der Waals surface area contributed by atoms with Crippen molar-refractivity contribution in [1.29, 1.82) is 0 Å². The van der Waals surface area contributed by atoms with Crippen LogP contribution in [0.4, 0.5) is 5.69 Å². The van der Waals surface area contributed by atoms with Gasteiger partial charge in [0.2, 0.25) is 0 Å². The summed E-state index contributed by atoms with van der Waals surface area (Å²) in [5, 5.41) is 11.5. The van der Waals surface area contributed by atoms with Crippen LogP contribution in [0.15, 0.2) is 18.2 Å². The predicted octanol–water partition coefficient (Wildman–Crippen LogP) is 1.12. The maximum Gasteiger partial charge on any atom is 0.326 e. The molecule has 0 saturated carbocycles. The van der Waals surface area contributed by atoms with Gasteiger partial charge in [0.05, 0.1) is 12.7 Å². The Balaban J connectivity index is 2.91. The molecule has 6 heteroatoms. The second-order valence-electron chi connectivity index (χ2n) is 4.49. The fourth-order valence-corrected chi connectivity index (χ4v) is 1.61. The Hall–Kier alpha value is -2.24. The lowest BCUT2D eigenvalue weighted by atomic mass is 10.0. The molecule has 19 heavy (non-hydrogen) atoms. The van der Waals surface area contributed by atoms with Crippen LogP contribution in [0.1, 0.15) is 24.2 Å². The number of carbonyl (C=O) groups excluding carboxylic acids is 1. The summed E-state index contributed by atoms with van der Waals surface area (Å²) in [6, 6.07) is 3.66. The first-order chi connectivity index (χ1) is 8.86. The molecule has 1 aromatic rings. The quantitative estimate of drug-likeness (QED) is 0.693. The summed E-state index contributed by atoms with van der Waals surface area (Å²) in [5.41, 5.74) is 6.21. The number of carbonyl (C=O) groups is 2. The van der Waals surface area contributed by atoms with Gasteiger partial charge in [0.15, 0.2) is 0 Å². The molecule has 6 nitrogen and oxygen atoms in total. The number of methoxy groups -OCH3 is 1. The van der Waals surface area contributed by atoms with Gasteiger partial charge in [-0.25, -0.2) is 4.79 Å². The summed E-state index contributed by atoms with van der Waals surface area (Å²) in [6.07, 6.45) is 0. The lowest BCUT2D eigenvalue weighted by molar-refractivity contribution is -0.140. The minimum Gasteiger partial charge on any atom is -0.497 e. The number of benzene rings is 1. The van der Waals surface area contributed by atoms with Gasteiger partial charge in [0.25, 0.3) is 5.91 Å². The number of hydrogen-bond donors (Lipinski definition) is 3. The largest absolute Gasteiger partial charge is 0.497 e. The van der Waals surface area contributed by atoms with E-state index >= 15 is 0 Å².